The van der Waals surface area contributed by atoms with Crippen molar-refractivity contribution in [3.63, 3.8) is 0 Å². The lowest BCUT2D eigenvalue weighted by atomic mass is 10.1. The molecule has 2 heterocycles. The van der Waals surface area contributed by atoms with Crippen LogP contribution in [0, 0.1) is 11.6 Å². The van der Waals surface area contributed by atoms with Gasteiger partial charge in [0, 0.05) is 30.6 Å². The van der Waals surface area contributed by atoms with E-state index in [0.717, 1.165) is 42.5 Å². The lowest BCUT2D eigenvalue weighted by Crippen LogP contribution is -2.45. The molecule has 1 fully saturated rings. The molecule has 1 unspecified atom stereocenters. The van der Waals surface area contributed by atoms with Gasteiger partial charge in [-0.05, 0) is 54.6 Å². The monoisotopic (exact) mass is 544 g/mol. The lowest BCUT2D eigenvalue weighted by Gasteiger charge is -2.23. The zero-order chi connectivity index (χ0) is 27.0. The minimum atomic E-state index is -4.68. The van der Waals surface area contributed by atoms with Gasteiger partial charge in [-0.2, -0.15) is 17.5 Å². The normalized spacial score (nSPS) is 18.6. The summed E-state index contributed by atoms with van der Waals surface area (Å²) in [5.74, 6) is -2.32. The number of amides is 1. The van der Waals surface area contributed by atoms with Crippen LogP contribution in [0.5, 0.6) is 0 Å². The maximum atomic E-state index is 14.4. The van der Waals surface area contributed by atoms with E-state index < -0.39 is 71.2 Å². The molecule has 1 aliphatic rings. The first-order valence-electron chi connectivity index (χ1n) is 10.7. The van der Waals surface area contributed by atoms with Crippen LogP contribution in [0.3, 0.4) is 0 Å². The van der Waals surface area contributed by atoms with E-state index in [2.05, 4.69) is 15.5 Å². The zero-order valence-electron chi connectivity index (χ0n) is 18.7. The number of carbonyl (C=O) groups is 1. The van der Waals surface area contributed by atoms with Crippen molar-refractivity contribution in [2.24, 2.45) is 0 Å². The van der Waals surface area contributed by atoms with E-state index in [1.807, 2.05) is 0 Å². The summed E-state index contributed by atoms with van der Waals surface area (Å²) in [7, 11) is -4.33. The Bertz CT molecular complexity index is 1400. The molecule has 0 bridgehead atoms. The van der Waals surface area contributed by atoms with E-state index in [1.54, 1.807) is 0 Å². The second-order valence-corrected chi connectivity index (χ2v) is 10.1. The van der Waals surface area contributed by atoms with Gasteiger partial charge >= 0.3 is 6.18 Å². The quantitative estimate of drug-likeness (QED) is 0.476. The van der Waals surface area contributed by atoms with Crippen LogP contribution in [0.4, 0.5) is 26.3 Å². The molecular formula is C23H18F6N4O3S. The maximum absolute atomic E-state index is 14.4. The average Bonchev–Trinajstić information content (AvgIpc) is 3.26. The molecule has 0 saturated carbocycles. The summed E-state index contributed by atoms with van der Waals surface area (Å²) < 4.78 is 106. The Hall–Kier alpha value is -3.52. The number of sulfonamides is 1. The second kappa shape index (κ2) is 10.1. The predicted octanol–water partition coefficient (Wildman–Crippen LogP) is 3.86. The van der Waals surface area contributed by atoms with Crippen LogP contribution in [-0.4, -0.2) is 47.6 Å². The van der Waals surface area contributed by atoms with Crippen LogP contribution in [0.2, 0.25) is 0 Å². The largest absolute Gasteiger partial charge is 0.435 e. The number of nitrogens with zero attached hydrogens (tertiary/aromatic N) is 3. The van der Waals surface area contributed by atoms with Crippen LogP contribution in [0.15, 0.2) is 59.5 Å². The van der Waals surface area contributed by atoms with E-state index in [9.17, 15) is 39.6 Å². The molecule has 2 atom stereocenters. The number of nitrogens with one attached hydrogen (secondary N) is 1. The highest BCUT2D eigenvalue weighted by molar-refractivity contribution is 7.89. The molecule has 4 rings (SSSR count). The molecule has 14 heteroatoms. The molecule has 1 aliphatic heterocycles. The number of alkyl halides is 4. The molecule has 0 aliphatic carbocycles. The Morgan fingerprint density at radius 2 is 1.73 bits per heavy atom. The third kappa shape index (κ3) is 5.74. The van der Waals surface area contributed by atoms with E-state index in [4.69, 9.17) is 0 Å². The van der Waals surface area contributed by atoms with E-state index in [1.165, 1.54) is 12.1 Å². The smallest absolute Gasteiger partial charge is 0.351 e. The molecule has 1 N–H and O–H groups in total. The third-order valence-electron chi connectivity index (χ3n) is 5.68. The van der Waals surface area contributed by atoms with Crippen LogP contribution in [0.1, 0.15) is 17.7 Å². The highest BCUT2D eigenvalue weighted by atomic mass is 32.2. The summed E-state index contributed by atoms with van der Waals surface area (Å²) in [5.41, 5.74) is -1.03. The molecule has 0 radical (unpaired) electrons. The van der Waals surface area contributed by atoms with Crippen molar-refractivity contribution < 1.29 is 39.6 Å². The first-order chi connectivity index (χ1) is 17.4. The summed E-state index contributed by atoms with van der Waals surface area (Å²) in [4.78, 5) is 12.5. The molecule has 37 heavy (non-hydrogen) atoms. The third-order valence-corrected chi connectivity index (χ3v) is 7.57. The summed E-state index contributed by atoms with van der Waals surface area (Å²) in [6.07, 6.45) is -6.75. The van der Waals surface area contributed by atoms with Crippen LogP contribution in [0.25, 0.3) is 11.3 Å². The minimum absolute atomic E-state index is 0.0215. The van der Waals surface area contributed by atoms with Crippen molar-refractivity contribution in [3.8, 4) is 11.3 Å². The van der Waals surface area contributed by atoms with Gasteiger partial charge in [0.05, 0.1) is 10.6 Å². The van der Waals surface area contributed by atoms with Gasteiger partial charge in [-0.25, -0.2) is 21.6 Å². The highest BCUT2D eigenvalue weighted by Gasteiger charge is 2.44. The van der Waals surface area contributed by atoms with Gasteiger partial charge in [0.1, 0.15) is 23.8 Å². The molecule has 1 aromatic heterocycles. The number of hydrogen-bond donors (Lipinski definition) is 1. The first-order valence-corrected chi connectivity index (χ1v) is 12.2. The molecule has 0 spiro atoms. The van der Waals surface area contributed by atoms with Gasteiger partial charge in [0.2, 0.25) is 15.9 Å². The average molecular weight is 544 g/mol. The second-order valence-electron chi connectivity index (χ2n) is 8.20. The molecule has 7 nitrogen and oxygen atoms in total. The summed E-state index contributed by atoms with van der Waals surface area (Å²) in [6, 6.07) is 7.70. The van der Waals surface area contributed by atoms with Gasteiger partial charge in [-0.3, -0.25) is 4.79 Å². The van der Waals surface area contributed by atoms with Gasteiger partial charge in [-0.1, -0.05) is 0 Å². The van der Waals surface area contributed by atoms with Crippen molar-refractivity contribution in [1.82, 2.24) is 19.8 Å². The highest BCUT2D eigenvalue weighted by Crippen LogP contribution is 2.30. The zero-order valence-corrected chi connectivity index (χ0v) is 19.5. The maximum Gasteiger partial charge on any atom is 0.435 e. The fourth-order valence-electron chi connectivity index (χ4n) is 3.81. The fourth-order valence-corrected chi connectivity index (χ4v) is 5.44. The van der Waals surface area contributed by atoms with Crippen molar-refractivity contribution in [1.29, 1.82) is 0 Å². The molecular weight excluding hydrogens is 526 g/mol. The first kappa shape index (κ1) is 26.5. The van der Waals surface area contributed by atoms with Crippen LogP contribution >= 0.6 is 0 Å². The Balaban J connectivity index is 1.50. The Kier molecular flexibility index (Phi) is 7.24. The van der Waals surface area contributed by atoms with Crippen molar-refractivity contribution in [3.05, 3.63) is 77.5 Å². The molecule has 1 amide bonds. The topological polar surface area (TPSA) is 92.3 Å². The molecule has 2 aromatic carbocycles. The van der Waals surface area contributed by atoms with Gasteiger partial charge in [-0.15, -0.1) is 10.2 Å². The fraction of sp³-hybridized carbons (Fsp3) is 0.261. The van der Waals surface area contributed by atoms with Crippen LogP contribution < -0.4 is 5.32 Å². The summed E-state index contributed by atoms with van der Waals surface area (Å²) in [5, 5.41) is 9.00. The van der Waals surface area contributed by atoms with Crippen molar-refractivity contribution in [2.45, 2.75) is 36.3 Å². The molecule has 1 saturated heterocycles. The SMILES string of the molecule is O=C(NCc1cc(-c2ccc(C(F)(F)F)nn2)ccc1F)[C@@H]1CC(F)CN1S(=O)(=O)c1ccc(F)cc1. The van der Waals surface area contributed by atoms with Gasteiger partial charge in [0.15, 0.2) is 5.69 Å². The number of benzene rings is 2. The van der Waals surface area contributed by atoms with E-state index in [0.29, 0.717) is 4.31 Å². The van der Waals surface area contributed by atoms with Crippen molar-refractivity contribution in [2.75, 3.05) is 6.54 Å². The van der Waals surface area contributed by atoms with Gasteiger partial charge < -0.3 is 5.32 Å². The van der Waals surface area contributed by atoms with E-state index in [-0.39, 0.29) is 21.7 Å². The summed E-state index contributed by atoms with van der Waals surface area (Å²) in [6.45, 7) is -1.02. The summed E-state index contributed by atoms with van der Waals surface area (Å²) >= 11 is 0. The Morgan fingerprint density at radius 3 is 2.35 bits per heavy atom. The molecule has 3 aromatic rings. The number of carbonyl (C=O) groups excluding carboxylic acids is 1. The number of halogens is 6. The Labute approximate surface area is 207 Å². The minimum Gasteiger partial charge on any atom is -0.351 e. The van der Waals surface area contributed by atoms with Crippen LogP contribution in [-0.2, 0) is 27.5 Å². The standard InChI is InChI=1S/C23H18F6N4O3S/c24-15-2-4-17(5-3-15)37(35,36)33-12-16(25)10-20(33)22(34)30-11-14-9-13(1-6-18(14)26)19-7-8-21(32-31-19)23(27,28)29/h1-9,16,20H,10-12H2,(H,30,34)/t16?,20-/m0/s1. The van der Waals surface area contributed by atoms with Gasteiger partial charge in [0.25, 0.3) is 0 Å². The number of rotatable bonds is 6. The number of aromatic nitrogens is 2. The lowest BCUT2D eigenvalue weighted by molar-refractivity contribution is -0.141. The predicted molar refractivity (Wildman–Crippen MR) is 118 cm³/mol. The molecule has 196 valence electrons. The van der Waals surface area contributed by atoms with Crippen molar-refractivity contribution >= 4 is 15.9 Å². The number of hydrogen-bond acceptors (Lipinski definition) is 5. The Morgan fingerprint density at radius 1 is 1.03 bits per heavy atom. The van der Waals surface area contributed by atoms with E-state index >= 15 is 0 Å².